The van der Waals surface area contributed by atoms with Crippen LogP contribution in [0, 0.1) is 0 Å². The fraction of sp³-hybridized carbons (Fsp3) is 0.105. The number of aromatic hydroxyl groups is 2. The molecule has 0 bridgehead atoms. The van der Waals surface area contributed by atoms with Crippen molar-refractivity contribution in [1.82, 2.24) is 4.72 Å². The Morgan fingerprint density at radius 3 is 1.93 bits per heavy atom. The molecule has 2 aromatic carbocycles. The highest BCUT2D eigenvalue weighted by Crippen LogP contribution is 2.27. The van der Waals surface area contributed by atoms with Gasteiger partial charge in [0.2, 0.25) is 0 Å². The van der Waals surface area contributed by atoms with E-state index in [4.69, 9.17) is 9.47 Å². The Bertz CT molecular complexity index is 1030. The molecule has 0 aliphatic rings. The second kappa shape index (κ2) is 8.96. The van der Waals surface area contributed by atoms with E-state index in [0.717, 1.165) is 11.5 Å². The van der Waals surface area contributed by atoms with E-state index in [0.29, 0.717) is 11.1 Å². The van der Waals surface area contributed by atoms with Gasteiger partial charge in [-0.15, -0.1) is 0 Å². The van der Waals surface area contributed by atoms with Gasteiger partial charge in [-0.1, -0.05) is 12.1 Å². The van der Waals surface area contributed by atoms with Gasteiger partial charge >= 0.3 is 0 Å². The minimum Gasteiger partial charge on any atom is -0.504 e. The zero-order valence-electron chi connectivity index (χ0n) is 15.1. The average molecular weight is 405 g/mol. The lowest BCUT2D eigenvalue weighted by molar-refractivity contribution is -0.114. The molecule has 0 aromatic heterocycles. The van der Waals surface area contributed by atoms with Gasteiger partial charge in [-0.05, 0) is 47.5 Å². The first-order chi connectivity index (χ1) is 13.2. The third kappa shape index (κ3) is 5.78. The molecule has 9 heteroatoms. The first-order valence-electron chi connectivity index (χ1n) is 7.91. The number of rotatable bonds is 7. The lowest BCUT2D eigenvalue weighted by atomic mass is 10.2. The normalized spacial score (nSPS) is 11.6. The third-order valence-corrected chi connectivity index (χ3v) is 4.50. The number of carbonyl (C=O) groups is 1. The zero-order chi connectivity index (χ0) is 20.7. The highest BCUT2D eigenvalue weighted by Gasteiger charge is 2.09. The van der Waals surface area contributed by atoms with Crippen molar-refractivity contribution in [3.05, 3.63) is 59.0 Å². The number of carbonyl (C=O) groups excluding carboxylic acids is 1. The average Bonchev–Trinajstić information content (AvgIpc) is 2.66. The quantitative estimate of drug-likeness (QED) is 0.604. The van der Waals surface area contributed by atoms with Gasteiger partial charge < -0.3 is 19.7 Å². The molecule has 0 spiro atoms. The molecule has 0 saturated heterocycles. The number of phenolic OH excluding ortho intramolecular Hbond substituents is 2. The Morgan fingerprint density at radius 2 is 1.43 bits per heavy atom. The molecule has 1 amide bonds. The van der Waals surface area contributed by atoms with Crippen LogP contribution >= 0.6 is 0 Å². The monoisotopic (exact) mass is 405 g/mol. The standard InChI is InChI=1S/C19H19NO7S/c1-26-17-11-13(3-6-15(17)21)5-8-19(23)20-28(24,25)10-9-14-4-7-16(22)18(12-14)27-2/h3-12,21-22H,1-2H3,(H,20,23). The molecule has 0 heterocycles. The van der Waals surface area contributed by atoms with E-state index in [9.17, 15) is 23.4 Å². The Kier molecular flexibility index (Phi) is 6.67. The fourth-order valence-corrected chi connectivity index (χ4v) is 2.90. The van der Waals surface area contributed by atoms with Crippen molar-refractivity contribution < 1.29 is 32.9 Å². The van der Waals surface area contributed by atoms with Gasteiger partial charge in [0.1, 0.15) is 0 Å². The number of phenols is 2. The number of methoxy groups -OCH3 is 2. The van der Waals surface area contributed by atoms with Crippen LogP contribution < -0.4 is 14.2 Å². The summed E-state index contributed by atoms with van der Waals surface area (Å²) in [5.41, 5.74) is 0.994. The summed E-state index contributed by atoms with van der Waals surface area (Å²) in [6.45, 7) is 0. The van der Waals surface area contributed by atoms with Gasteiger partial charge in [0.25, 0.3) is 15.9 Å². The topological polar surface area (TPSA) is 122 Å². The van der Waals surface area contributed by atoms with Gasteiger partial charge in [0.05, 0.1) is 19.6 Å². The van der Waals surface area contributed by atoms with Crippen LogP contribution in [0.4, 0.5) is 0 Å². The SMILES string of the molecule is COc1cc(C=CC(=O)NS(=O)(=O)C=Cc2ccc(O)c(OC)c2)ccc1O. The number of hydrogen-bond acceptors (Lipinski definition) is 7. The number of amides is 1. The van der Waals surface area contributed by atoms with E-state index < -0.39 is 15.9 Å². The van der Waals surface area contributed by atoms with Crippen LogP contribution in [-0.4, -0.2) is 38.8 Å². The van der Waals surface area contributed by atoms with Crippen LogP contribution in [-0.2, 0) is 14.8 Å². The zero-order valence-corrected chi connectivity index (χ0v) is 15.9. The molecule has 0 unspecified atom stereocenters. The molecule has 3 N–H and O–H groups in total. The minimum absolute atomic E-state index is 0.0531. The Morgan fingerprint density at radius 1 is 0.929 bits per heavy atom. The van der Waals surface area contributed by atoms with E-state index in [-0.39, 0.29) is 23.0 Å². The van der Waals surface area contributed by atoms with Gasteiger partial charge in [-0.25, -0.2) is 13.1 Å². The second-order valence-corrected chi connectivity index (χ2v) is 7.08. The van der Waals surface area contributed by atoms with Crippen molar-refractivity contribution in [3.8, 4) is 23.0 Å². The van der Waals surface area contributed by atoms with Crippen LogP contribution in [0.3, 0.4) is 0 Å². The predicted octanol–water partition coefficient (Wildman–Crippen LogP) is 2.25. The second-order valence-electron chi connectivity index (χ2n) is 5.51. The van der Waals surface area contributed by atoms with E-state index in [1.165, 1.54) is 62.8 Å². The Balaban J connectivity index is 2.06. The minimum atomic E-state index is -4.03. The molecule has 2 aromatic rings. The summed E-state index contributed by atoms with van der Waals surface area (Å²) in [5.74, 6) is -0.562. The van der Waals surface area contributed by atoms with Gasteiger partial charge in [-0.3, -0.25) is 4.79 Å². The number of benzene rings is 2. The van der Waals surface area contributed by atoms with Crippen LogP contribution in [0.1, 0.15) is 11.1 Å². The molecule has 0 atom stereocenters. The van der Waals surface area contributed by atoms with Crippen molar-refractivity contribution in [2.75, 3.05) is 14.2 Å². The van der Waals surface area contributed by atoms with Crippen molar-refractivity contribution in [3.63, 3.8) is 0 Å². The molecule has 2 rings (SSSR count). The summed E-state index contributed by atoms with van der Waals surface area (Å²) in [6, 6.07) is 8.71. The molecule has 0 radical (unpaired) electrons. The first kappa shape index (κ1) is 20.8. The van der Waals surface area contributed by atoms with Crippen LogP contribution in [0.15, 0.2) is 47.9 Å². The molecule has 28 heavy (non-hydrogen) atoms. The number of hydrogen-bond donors (Lipinski definition) is 3. The van der Waals surface area contributed by atoms with Crippen molar-refractivity contribution in [2.24, 2.45) is 0 Å². The lowest BCUT2D eigenvalue weighted by Crippen LogP contribution is -2.26. The number of ether oxygens (including phenoxy) is 2. The maximum Gasteiger partial charge on any atom is 0.257 e. The lowest BCUT2D eigenvalue weighted by Gasteiger charge is -2.04. The smallest absolute Gasteiger partial charge is 0.257 e. The Hall–Kier alpha value is -3.46. The predicted molar refractivity (Wildman–Crippen MR) is 104 cm³/mol. The molecule has 0 aliphatic carbocycles. The Labute approximate surface area is 162 Å². The summed E-state index contributed by atoms with van der Waals surface area (Å²) >= 11 is 0. The maximum atomic E-state index is 12.0. The summed E-state index contributed by atoms with van der Waals surface area (Å²) < 4.78 is 35.8. The summed E-state index contributed by atoms with van der Waals surface area (Å²) in [4.78, 5) is 11.9. The van der Waals surface area contributed by atoms with Crippen molar-refractivity contribution >= 4 is 28.1 Å². The molecule has 8 nitrogen and oxygen atoms in total. The van der Waals surface area contributed by atoms with Crippen molar-refractivity contribution in [2.45, 2.75) is 0 Å². The molecule has 0 saturated carbocycles. The van der Waals surface area contributed by atoms with Crippen LogP contribution in [0.25, 0.3) is 12.2 Å². The molecular formula is C19H19NO7S. The number of sulfonamides is 1. The van der Waals surface area contributed by atoms with Gasteiger partial charge in [0.15, 0.2) is 23.0 Å². The summed E-state index contributed by atoms with van der Waals surface area (Å²) in [7, 11) is -1.27. The summed E-state index contributed by atoms with van der Waals surface area (Å²) in [6.07, 6.45) is 3.67. The third-order valence-electron chi connectivity index (χ3n) is 3.52. The van der Waals surface area contributed by atoms with Crippen molar-refractivity contribution in [1.29, 1.82) is 0 Å². The van der Waals surface area contributed by atoms with E-state index in [2.05, 4.69) is 0 Å². The summed E-state index contributed by atoms with van der Waals surface area (Å²) in [5, 5.41) is 19.9. The van der Waals surface area contributed by atoms with Crippen LogP contribution in [0.2, 0.25) is 0 Å². The highest BCUT2D eigenvalue weighted by molar-refractivity contribution is 7.93. The van der Waals surface area contributed by atoms with E-state index in [1.54, 1.807) is 0 Å². The van der Waals surface area contributed by atoms with E-state index in [1.807, 2.05) is 4.72 Å². The molecule has 0 aliphatic heterocycles. The molecule has 148 valence electrons. The molecule has 0 fully saturated rings. The van der Waals surface area contributed by atoms with Gasteiger partial charge in [-0.2, -0.15) is 0 Å². The van der Waals surface area contributed by atoms with E-state index >= 15 is 0 Å². The maximum absolute atomic E-state index is 12.0. The largest absolute Gasteiger partial charge is 0.504 e. The molecular weight excluding hydrogens is 386 g/mol. The fourth-order valence-electron chi connectivity index (χ4n) is 2.14. The number of nitrogens with one attached hydrogen (secondary N) is 1. The van der Waals surface area contributed by atoms with Crippen LogP contribution in [0.5, 0.6) is 23.0 Å². The first-order valence-corrected chi connectivity index (χ1v) is 9.45. The van der Waals surface area contributed by atoms with Gasteiger partial charge in [0, 0.05) is 6.08 Å². The highest BCUT2D eigenvalue weighted by atomic mass is 32.2.